The van der Waals surface area contributed by atoms with Crippen molar-refractivity contribution in [2.45, 2.75) is 18.9 Å². The van der Waals surface area contributed by atoms with Crippen molar-refractivity contribution in [3.8, 4) is 28.7 Å². The maximum absolute atomic E-state index is 10.0. The van der Waals surface area contributed by atoms with E-state index >= 15 is 0 Å². The van der Waals surface area contributed by atoms with Crippen LogP contribution in [0.2, 0.25) is 0 Å². The molecule has 27 heavy (non-hydrogen) atoms. The van der Waals surface area contributed by atoms with E-state index in [0.717, 1.165) is 22.3 Å². The summed E-state index contributed by atoms with van der Waals surface area (Å²) in [6.45, 7) is 1.88. The maximum atomic E-state index is 10.0. The van der Waals surface area contributed by atoms with Crippen molar-refractivity contribution in [2.75, 3.05) is 7.11 Å². The number of phenolic OH excluding ortho intramolecular Hbond substituents is 2. The average Bonchev–Trinajstić information content (AvgIpc) is 2.66. The molecule has 3 aromatic rings. The molecule has 5 nitrogen and oxygen atoms in total. The molecular weight excluding hydrogens is 344 g/mol. The normalized spacial score (nSPS) is 14.0. The summed E-state index contributed by atoms with van der Waals surface area (Å²) in [7, 11) is 1.60. The molecule has 0 amide bonds. The van der Waals surface area contributed by atoms with E-state index in [9.17, 15) is 15.3 Å². The minimum atomic E-state index is -0.727. The highest BCUT2D eigenvalue weighted by atomic mass is 16.5. The summed E-state index contributed by atoms with van der Waals surface area (Å²) < 4.78 is 11.6. The van der Waals surface area contributed by atoms with Crippen molar-refractivity contribution < 1.29 is 24.8 Å². The summed E-state index contributed by atoms with van der Waals surface area (Å²) in [6, 6.07) is 15.5. The van der Waals surface area contributed by atoms with E-state index in [2.05, 4.69) is 0 Å². The van der Waals surface area contributed by atoms with E-state index in [1.165, 1.54) is 0 Å². The van der Waals surface area contributed by atoms with Crippen molar-refractivity contribution in [2.24, 2.45) is 0 Å². The molecule has 3 aromatic carbocycles. The number of aliphatic hydroxyl groups excluding tert-OH is 1. The summed E-state index contributed by atoms with van der Waals surface area (Å²) in [5.74, 6) is 1.80. The Morgan fingerprint density at radius 3 is 2.04 bits per heavy atom. The standard InChI is InChI=1S/C22H20O5/c1-22(21-13(12-23)4-3-5-18(21)26-2)16-8-6-14(24)10-19(16)27-20-11-15(25)7-9-17(20)22/h3-11,23-25H,12H2,1-2H3. The second kappa shape index (κ2) is 6.21. The van der Waals surface area contributed by atoms with E-state index in [-0.39, 0.29) is 18.1 Å². The Hall–Kier alpha value is -3.18. The predicted octanol–water partition coefficient (Wildman–Crippen LogP) is 4.06. The molecule has 4 rings (SSSR count). The van der Waals surface area contributed by atoms with Crippen molar-refractivity contribution in [1.82, 2.24) is 0 Å². The van der Waals surface area contributed by atoms with Gasteiger partial charge >= 0.3 is 0 Å². The topological polar surface area (TPSA) is 79.2 Å². The van der Waals surface area contributed by atoms with Gasteiger partial charge in [0.1, 0.15) is 28.7 Å². The molecule has 0 aliphatic carbocycles. The van der Waals surface area contributed by atoms with Gasteiger partial charge in [-0.1, -0.05) is 24.3 Å². The summed E-state index contributed by atoms with van der Waals surface area (Å²) >= 11 is 0. The van der Waals surface area contributed by atoms with E-state index < -0.39 is 5.41 Å². The van der Waals surface area contributed by atoms with Gasteiger partial charge in [0.25, 0.3) is 0 Å². The quantitative estimate of drug-likeness (QED) is 0.653. The minimum Gasteiger partial charge on any atom is -0.508 e. The molecule has 0 fully saturated rings. The van der Waals surface area contributed by atoms with Gasteiger partial charge in [-0.15, -0.1) is 0 Å². The summed E-state index contributed by atoms with van der Waals surface area (Å²) in [4.78, 5) is 0. The number of rotatable bonds is 3. The van der Waals surface area contributed by atoms with Gasteiger partial charge in [-0.25, -0.2) is 0 Å². The zero-order chi connectivity index (χ0) is 19.2. The Bertz CT molecular complexity index is 951. The van der Waals surface area contributed by atoms with Gasteiger partial charge in [0, 0.05) is 28.8 Å². The second-order valence-electron chi connectivity index (χ2n) is 6.74. The maximum Gasteiger partial charge on any atom is 0.135 e. The second-order valence-corrected chi connectivity index (χ2v) is 6.74. The lowest BCUT2D eigenvalue weighted by Gasteiger charge is -2.39. The van der Waals surface area contributed by atoms with Crippen molar-refractivity contribution in [3.63, 3.8) is 0 Å². The SMILES string of the molecule is COc1cccc(CO)c1C1(C)c2ccc(O)cc2Oc2cc(O)ccc21. The molecule has 1 aliphatic rings. The average molecular weight is 364 g/mol. The fourth-order valence-electron chi connectivity index (χ4n) is 4.00. The molecule has 1 heterocycles. The van der Waals surface area contributed by atoms with Gasteiger partial charge in [-0.2, -0.15) is 0 Å². The zero-order valence-electron chi connectivity index (χ0n) is 15.1. The summed E-state index contributed by atoms with van der Waals surface area (Å²) in [5, 5.41) is 29.9. The summed E-state index contributed by atoms with van der Waals surface area (Å²) in [5.41, 5.74) is 2.49. The third kappa shape index (κ3) is 2.51. The smallest absolute Gasteiger partial charge is 0.135 e. The van der Waals surface area contributed by atoms with Crippen LogP contribution in [0.3, 0.4) is 0 Å². The molecular formula is C22H20O5. The number of fused-ring (bicyclic) bond motifs is 2. The number of aliphatic hydroxyl groups is 1. The lowest BCUT2D eigenvalue weighted by molar-refractivity contribution is 0.277. The summed E-state index contributed by atoms with van der Waals surface area (Å²) in [6.07, 6.45) is 0. The molecule has 138 valence electrons. The Kier molecular flexibility index (Phi) is 3.97. The Morgan fingerprint density at radius 2 is 1.52 bits per heavy atom. The molecule has 0 atom stereocenters. The molecule has 0 spiro atoms. The molecule has 0 bridgehead atoms. The van der Waals surface area contributed by atoms with Gasteiger partial charge < -0.3 is 24.8 Å². The number of hydrogen-bond acceptors (Lipinski definition) is 5. The molecule has 0 unspecified atom stereocenters. The van der Waals surface area contributed by atoms with E-state index in [1.54, 1.807) is 31.4 Å². The molecule has 0 aromatic heterocycles. The van der Waals surface area contributed by atoms with Crippen LogP contribution in [0.5, 0.6) is 28.7 Å². The fraction of sp³-hybridized carbons (Fsp3) is 0.182. The van der Waals surface area contributed by atoms with Crippen LogP contribution in [0.15, 0.2) is 54.6 Å². The highest BCUT2D eigenvalue weighted by Gasteiger charge is 2.43. The molecule has 3 N–H and O–H groups in total. The molecule has 5 heteroatoms. The van der Waals surface area contributed by atoms with E-state index in [4.69, 9.17) is 9.47 Å². The number of benzene rings is 3. The van der Waals surface area contributed by atoms with Crippen LogP contribution in [-0.2, 0) is 12.0 Å². The van der Waals surface area contributed by atoms with E-state index in [1.807, 2.05) is 37.3 Å². The first-order valence-electron chi connectivity index (χ1n) is 8.61. The van der Waals surface area contributed by atoms with Gasteiger partial charge in [-0.05, 0) is 30.7 Å². The predicted molar refractivity (Wildman–Crippen MR) is 101 cm³/mol. The van der Waals surface area contributed by atoms with Crippen LogP contribution < -0.4 is 9.47 Å². The van der Waals surface area contributed by atoms with Gasteiger partial charge in [-0.3, -0.25) is 0 Å². The molecule has 0 saturated heterocycles. The van der Waals surface area contributed by atoms with Crippen LogP contribution in [0, 0.1) is 0 Å². The third-order valence-corrected chi connectivity index (χ3v) is 5.23. The Balaban J connectivity index is 2.12. The minimum absolute atomic E-state index is 0.0853. The Labute approximate surface area is 157 Å². The fourth-order valence-corrected chi connectivity index (χ4v) is 4.00. The van der Waals surface area contributed by atoms with Crippen molar-refractivity contribution in [1.29, 1.82) is 0 Å². The zero-order valence-corrected chi connectivity index (χ0v) is 15.1. The molecule has 0 radical (unpaired) electrons. The lowest BCUT2D eigenvalue weighted by Crippen LogP contribution is -2.31. The largest absolute Gasteiger partial charge is 0.508 e. The van der Waals surface area contributed by atoms with Crippen LogP contribution in [0.1, 0.15) is 29.2 Å². The monoisotopic (exact) mass is 364 g/mol. The first-order chi connectivity index (χ1) is 13.0. The highest BCUT2D eigenvalue weighted by Crippen LogP contribution is 2.55. The number of hydrogen-bond donors (Lipinski definition) is 3. The van der Waals surface area contributed by atoms with Crippen molar-refractivity contribution >= 4 is 0 Å². The van der Waals surface area contributed by atoms with Crippen LogP contribution >= 0.6 is 0 Å². The van der Waals surface area contributed by atoms with Gasteiger partial charge in [0.05, 0.1) is 19.1 Å². The van der Waals surface area contributed by atoms with Gasteiger partial charge in [0.15, 0.2) is 0 Å². The van der Waals surface area contributed by atoms with Crippen LogP contribution in [0.25, 0.3) is 0 Å². The van der Waals surface area contributed by atoms with Crippen molar-refractivity contribution in [3.05, 3.63) is 76.9 Å². The third-order valence-electron chi connectivity index (χ3n) is 5.23. The number of phenols is 2. The highest BCUT2D eigenvalue weighted by molar-refractivity contribution is 5.67. The van der Waals surface area contributed by atoms with E-state index in [0.29, 0.717) is 17.2 Å². The Morgan fingerprint density at radius 1 is 0.926 bits per heavy atom. The first kappa shape index (κ1) is 17.2. The van der Waals surface area contributed by atoms with Gasteiger partial charge in [0.2, 0.25) is 0 Å². The number of methoxy groups -OCH3 is 1. The van der Waals surface area contributed by atoms with Crippen LogP contribution in [0.4, 0.5) is 0 Å². The molecule has 0 saturated carbocycles. The number of aromatic hydroxyl groups is 2. The molecule has 1 aliphatic heterocycles. The lowest BCUT2D eigenvalue weighted by atomic mass is 9.67. The first-order valence-corrected chi connectivity index (χ1v) is 8.61. The number of ether oxygens (including phenoxy) is 2. The van der Waals surface area contributed by atoms with Crippen LogP contribution in [-0.4, -0.2) is 22.4 Å².